The van der Waals surface area contributed by atoms with E-state index in [1.165, 1.54) is 13.2 Å². The first-order valence-corrected chi connectivity index (χ1v) is 7.89. The molecule has 2 rings (SSSR count). The summed E-state index contributed by atoms with van der Waals surface area (Å²) in [4.78, 5) is 0.00812. The lowest BCUT2D eigenvalue weighted by Gasteiger charge is -2.07. The molecule has 3 N–H and O–H groups in total. The van der Waals surface area contributed by atoms with Gasteiger partial charge in [-0.2, -0.15) is 0 Å². The fourth-order valence-corrected chi connectivity index (χ4v) is 3.61. The summed E-state index contributed by atoms with van der Waals surface area (Å²) in [5, 5.41) is 0. The van der Waals surface area contributed by atoms with Crippen molar-refractivity contribution in [1.29, 1.82) is 0 Å². The molecular formula is C12H13BrN2O4S. The van der Waals surface area contributed by atoms with E-state index in [1.807, 2.05) is 0 Å². The van der Waals surface area contributed by atoms with Gasteiger partial charge in [0.25, 0.3) is 10.0 Å². The van der Waals surface area contributed by atoms with Crippen LogP contribution in [0.15, 0.2) is 44.3 Å². The van der Waals surface area contributed by atoms with Crippen LogP contribution in [-0.4, -0.2) is 15.5 Å². The zero-order chi connectivity index (χ0) is 14.8. The van der Waals surface area contributed by atoms with Crippen LogP contribution in [0.3, 0.4) is 0 Å². The van der Waals surface area contributed by atoms with Crippen molar-refractivity contribution in [2.75, 3.05) is 11.8 Å². The summed E-state index contributed by atoms with van der Waals surface area (Å²) in [5.74, 6) is 1.02. The predicted molar refractivity (Wildman–Crippen MR) is 78.1 cm³/mol. The van der Waals surface area contributed by atoms with Gasteiger partial charge in [0.15, 0.2) is 4.67 Å². The van der Waals surface area contributed by atoms with Gasteiger partial charge in [0.1, 0.15) is 16.4 Å². The minimum absolute atomic E-state index is 0.00812. The molecule has 0 saturated heterocycles. The van der Waals surface area contributed by atoms with Crippen LogP contribution in [0, 0.1) is 0 Å². The van der Waals surface area contributed by atoms with E-state index in [1.54, 1.807) is 24.3 Å². The van der Waals surface area contributed by atoms with Gasteiger partial charge in [0.05, 0.1) is 13.7 Å². The Hall–Kier alpha value is -1.51. The molecule has 0 bridgehead atoms. The quantitative estimate of drug-likeness (QED) is 0.852. The van der Waals surface area contributed by atoms with E-state index in [0.717, 1.165) is 0 Å². The monoisotopic (exact) mass is 360 g/mol. The molecule has 1 heterocycles. The average molecular weight is 361 g/mol. The second-order valence-corrected chi connectivity index (χ2v) is 6.26. The smallest absolute Gasteiger partial charge is 0.266 e. The van der Waals surface area contributed by atoms with Crippen molar-refractivity contribution in [2.24, 2.45) is 5.73 Å². The number of hydrogen-bond donors (Lipinski definition) is 2. The number of sulfonamides is 1. The predicted octanol–water partition coefficient (Wildman–Crippen LogP) is 2.31. The molecule has 0 saturated carbocycles. The summed E-state index contributed by atoms with van der Waals surface area (Å²) < 4.78 is 37.2. The minimum atomic E-state index is -3.74. The Balaban J connectivity index is 2.27. The summed E-state index contributed by atoms with van der Waals surface area (Å²) in [7, 11) is -2.20. The lowest BCUT2D eigenvalue weighted by molar-refractivity contribution is 0.415. The van der Waals surface area contributed by atoms with Gasteiger partial charge in [-0.05, 0) is 40.2 Å². The Morgan fingerprint density at radius 1 is 1.35 bits per heavy atom. The van der Waals surface area contributed by atoms with E-state index in [0.29, 0.717) is 17.2 Å². The van der Waals surface area contributed by atoms with Crippen molar-refractivity contribution < 1.29 is 17.6 Å². The topological polar surface area (TPSA) is 94.6 Å². The maximum absolute atomic E-state index is 12.2. The molecule has 6 nitrogen and oxygen atoms in total. The van der Waals surface area contributed by atoms with E-state index in [-0.39, 0.29) is 16.1 Å². The van der Waals surface area contributed by atoms with Gasteiger partial charge in [-0.3, -0.25) is 4.72 Å². The second kappa shape index (κ2) is 5.86. The molecule has 0 unspecified atom stereocenters. The summed E-state index contributed by atoms with van der Waals surface area (Å²) in [6.45, 7) is 0.122. The first-order chi connectivity index (χ1) is 9.46. The number of furan rings is 1. The van der Waals surface area contributed by atoms with Gasteiger partial charge in [-0.1, -0.05) is 0 Å². The molecule has 20 heavy (non-hydrogen) atoms. The van der Waals surface area contributed by atoms with Crippen molar-refractivity contribution in [2.45, 2.75) is 11.4 Å². The second-order valence-electron chi connectivity index (χ2n) is 3.89. The van der Waals surface area contributed by atoms with Crippen LogP contribution in [0.1, 0.15) is 5.76 Å². The van der Waals surface area contributed by atoms with Crippen molar-refractivity contribution in [3.8, 4) is 5.75 Å². The molecule has 0 spiro atoms. The summed E-state index contributed by atoms with van der Waals surface area (Å²) in [6.07, 6.45) is 0. The number of rotatable bonds is 5. The summed E-state index contributed by atoms with van der Waals surface area (Å²) in [6, 6.07) is 7.92. The highest BCUT2D eigenvalue weighted by molar-refractivity contribution is 9.10. The maximum Gasteiger partial charge on any atom is 0.266 e. The van der Waals surface area contributed by atoms with Crippen LogP contribution in [0.4, 0.5) is 5.69 Å². The molecule has 2 aromatic rings. The Morgan fingerprint density at radius 2 is 2.00 bits per heavy atom. The van der Waals surface area contributed by atoms with Gasteiger partial charge in [0, 0.05) is 11.8 Å². The molecule has 8 heteroatoms. The summed E-state index contributed by atoms with van der Waals surface area (Å²) >= 11 is 3.07. The van der Waals surface area contributed by atoms with Crippen LogP contribution < -0.4 is 15.2 Å². The number of nitrogens with two attached hydrogens (primary N) is 1. The molecule has 1 aromatic heterocycles. The molecule has 0 atom stereocenters. The summed E-state index contributed by atoms with van der Waals surface area (Å²) in [5.41, 5.74) is 5.84. The molecule has 1 aromatic carbocycles. The maximum atomic E-state index is 12.2. The third kappa shape index (κ3) is 3.14. The lowest BCUT2D eigenvalue weighted by Crippen LogP contribution is -2.12. The van der Waals surface area contributed by atoms with E-state index in [9.17, 15) is 8.42 Å². The Bertz CT molecular complexity index is 695. The third-order valence-electron chi connectivity index (χ3n) is 2.54. The van der Waals surface area contributed by atoms with Gasteiger partial charge in [-0.25, -0.2) is 8.42 Å². The highest BCUT2D eigenvalue weighted by atomic mass is 79.9. The van der Waals surface area contributed by atoms with Crippen LogP contribution in [0.5, 0.6) is 5.75 Å². The molecule has 108 valence electrons. The lowest BCUT2D eigenvalue weighted by atomic mass is 10.3. The van der Waals surface area contributed by atoms with Gasteiger partial charge >= 0.3 is 0 Å². The van der Waals surface area contributed by atoms with Gasteiger partial charge in [0.2, 0.25) is 0 Å². The Kier molecular flexibility index (Phi) is 4.36. The number of hydrogen-bond acceptors (Lipinski definition) is 5. The highest BCUT2D eigenvalue weighted by Crippen LogP contribution is 2.28. The fraction of sp³-hybridized carbons (Fsp3) is 0.167. The number of methoxy groups -OCH3 is 1. The molecular weight excluding hydrogens is 348 g/mol. The molecule has 0 amide bonds. The molecule has 0 aliphatic rings. The van der Waals surface area contributed by atoms with Crippen molar-refractivity contribution in [1.82, 2.24) is 0 Å². The zero-order valence-electron chi connectivity index (χ0n) is 10.6. The fourth-order valence-electron chi connectivity index (χ4n) is 1.55. The van der Waals surface area contributed by atoms with Crippen LogP contribution >= 0.6 is 15.9 Å². The molecule has 0 aliphatic heterocycles. The minimum Gasteiger partial charge on any atom is -0.497 e. The van der Waals surface area contributed by atoms with Crippen molar-refractivity contribution in [3.63, 3.8) is 0 Å². The first-order valence-electron chi connectivity index (χ1n) is 5.61. The van der Waals surface area contributed by atoms with E-state index < -0.39 is 10.0 Å². The Labute approximate surface area is 125 Å². The first kappa shape index (κ1) is 14.9. The number of ether oxygens (including phenoxy) is 1. The number of benzene rings is 1. The zero-order valence-corrected chi connectivity index (χ0v) is 13.0. The standard InChI is InChI=1S/C12H13BrN2O4S/c1-18-9-4-2-8(3-5-9)15-20(16,17)11-6-10(7-14)19-12(11)13/h2-6,15H,7,14H2,1H3. The van der Waals surface area contributed by atoms with Crippen LogP contribution in [-0.2, 0) is 16.6 Å². The largest absolute Gasteiger partial charge is 0.497 e. The Morgan fingerprint density at radius 3 is 2.50 bits per heavy atom. The van der Waals surface area contributed by atoms with Crippen LogP contribution in [0.25, 0.3) is 0 Å². The van der Waals surface area contributed by atoms with Crippen molar-refractivity contribution in [3.05, 3.63) is 40.8 Å². The van der Waals surface area contributed by atoms with Crippen LogP contribution in [0.2, 0.25) is 0 Å². The van der Waals surface area contributed by atoms with Crippen molar-refractivity contribution >= 4 is 31.6 Å². The van der Waals surface area contributed by atoms with E-state index in [2.05, 4.69) is 20.7 Å². The van der Waals surface area contributed by atoms with E-state index in [4.69, 9.17) is 14.9 Å². The normalized spacial score (nSPS) is 11.3. The molecule has 0 fully saturated rings. The highest BCUT2D eigenvalue weighted by Gasteiger charge is 2.22. The number of anilines is 1. The average Bonchev–Trinajstić information content (AvgIpc) is 2.81. The number of halogens is 1. The van der Waals surface area contributed by atoms with Gasteiger partial charge in [-0.15, -0.1) is 0 Å². The number of nitrogens with one attached hydrogen (secondary N) is 1. The van der Waals surface area contributed by atoms with E-state index >= 15 is 0 Å². The molecule has 0 radical (unpaired) electrons. The van der Waals surface area contributed by atoms with Gasteiger partial charge < -0.3 is 14.9 Å². The third-order valence-corrected chi connectivity index (χ3v) is 4.78. The molecule has 0 aliphatic carbocycles. The SMILES string of the molecule is COc1ccc(NS(=O)(=O)c2cc(CN)oc2Br)cc1.